The predicted molar refractivity (Wildman–Crippen MR) is 181 cm³/mol. The first-order valence-electron chi connectivity index (χ1n) is 15.6. The van der Waals surface area contributed by atoms with Crippen molar-refractivity contribution in [3.63, 3.8) is 0 Å². The molecule has 0 radical (unpaired) electrons. The number of hydrogen-bond acceptors (Lipinski definition) is 6. The molecule has 1 atom stereocenters. The van der Waals surface area contributed by atoms with Crippen molar-refractivity contribution in [2.24, 2.45) is 0 Å². The first-order valence-corrected chi connectivity index (χ1v) is 15.6. The lowest BCUT2D eigenvalue weighted by Crippen LogP contribution is -2.54. The molecule has 0 aliphatic rings. The van der Waals surface area contributed by atoms with Gasteiger partial charge in [-0.3, -0.25) is 10.1 Å². The zero-order valence-corrected chi connectivity index (χ0v) is 25.9. The predicted octanol–water partition coefficient (Wildman–Crippen LogP) is 7.51. The molecule has 0 amide bonds. The van der Waals surface area contributed by atoms with E-state index >= 15 is 0 Å². The van der Waals surface area contributed by atoms with E-state index in [2.05, 4.69) is 10.3 Å². The van der Waals surface area contributed by atoms with Crippen molar-refractivity contribution in [3.8, 4) is 17.2 Å². The zero-order valence-electron chi connectivity index (χ0n) is 25.9. The van der Waals surface area contributed by atoms with Gasteiger partial charge in [-0.1, -0.05) is 121 Å². The smallest absolute Gasteiger partial charge is 0.323 e. The number of hydrogen-bond donors (Lipinski definition) is 2. The molecule has 236 valence electrons. The van der Waals surface area contributed by atoms with Crippen molar-refractivity contribution in [3.05, 3.63) is 180 Å². The number of nitrogens with zero attached hydrogens (tertiary/aromatic N) is 1. The van der Waals surface area contributed by atoms with E-state index in [0.29, 0.717) is 18.9 Å². The maximum atomic E-state index is 12.7. The van der Waals surface area contributed by atoms with Crippen LogP contribution in [0.3, 0.4) is 0 Å². The quantitative estimate of drug-likeness (QED) is 0.114. The number of nitrogens with one attached hydrogen (secondary N) is 1. The van der Waals surface area contributed by atoms with Crippen molar-refractivity contribution in [1.29, 1.82) is 0 Å². The number of oxazole rings is 1. The van der Waals surface area contributed by atoms with Crippen molar-refractivity contribution in [2.45, 2.75) is 24.6 Å². The zero-order chi connectivity index (χ0) is 32.3. The fourth-order valence-corrected chi connectivity index (χ4v) is 5.64. The molecule has 6 aromatic rings. The van der Waals surface area contributed by atoms with Gasteiger partial charge in [0.1, 0.15) is 18.1 Å². The van der Waals surface area contributed by atoms with E-state index in [-0.39, 0.29) is 13.2 Å². The lowest BCUT2D eigenvalue weighted by atomic mass is 9.76. The topological polar surface area (TPSA) is 93.8 Å². The summed E-state index contributed by atoms with van der Waals surface area (Å²) in [5.74, 6) is 0.323. The average Bonchev–Trinajstić information content (AvgIpc) is 3.61. The summed E-state index contributed by atoms with van der Waals surface area (Å²) in [6, 6.07) is 46.2. The van der Waals surface area contributed by atoms with E-state index < -0.39 is 17.6 Å². The third-order valence-electron chi connectivity index (χ3n) is 7.99. The van der Waals surface area contributed by atoms with Crippen LogP contribution in [0, 0.1) is 0 Å². The van der Waals surface area contributed by atoms with Gasteiger partial charge >= 0.3 is 5.97 Å². The van der Waals surface area contributed by atoms with Crippen LogP contribution in [0.15, 0.2) is 156 Å². The van der Waals surface area contributed by atoms with Crippen molar-refractivity contribution in [2.75, 3.05) is 13.2 Å². The number of aromatic nitrogens is 1. The van der Waals surface area contributed by atoms with E-state index in [1.54, 1.807) is 6.26 Å². The Balaban J connectivity index is 1.09. The average molecular weight is 625 g/mol. The Bertz CT molecular complexity index is 1730. The van der Waals surface area contributed by atoms with E-state index in [1.807, 2.05) is 146 Å². The molecule has 0 unspecified atom stereocenters. The van der Waals surface area contributed by atoms with Gasteiger partial charge in [0, 0.05) is 12.0 Å². The number of aliphatic carboxylic acids is 1. The molecule has 0 saturated heterocycles. The Morgan fingerprint density at radius 2 is 1.28 bits per heavy atom. The van der Waals surface area contributed by atoms with Crippen molar-refractivity contribution in [1.82, 2.24) is 10.3 Å². The second kappa shape index (κ2) is 15.2. The van der Waals surface area contributed by atoms with Gasteiger partial charge in [-0.25, -0.2) is 4.98 Å². The highest BCUT2D eigenvalue weighted by Crippen LogP contribution is 2.37. The molecule has 0 spiro atoms. The van der Waals surface area contributed by atoms with Gasteiger partial charge in [-0.05, 0) is 46.5 Å². The molecule has 0 aliphatic carbocycles. The Morgan fingerprint density at radius 3 is 1.81 bits per heavy atom. The van der Waals surface area contributed by atoms with Gasteiger partial charge < -0.3 is 19.0 Å². The lowest BCUT2D eigenvalue weighted by Gasteiger charge is -2.39. The third kappa shape index (κ3) is 7.66. The van der Waals surface area contributed by atoms with Crippen LogP contribution in [0.1, 0.15) is 27.9 Å². The minimum Gasteiger partial charge on any atom is -0.493 e. The van der Waals surface area contributed by atoms with E-state index in [9.17, 15) is 9.90 Å². The third-order valence-corrected chi connectivity index (χ3v) is 7.99. The summed E-state index contributed by atoms with van der Waals surface area (Å²) >= 11 is 0. The summed E-state index contributed by atoms with van der Waals surface area (Å²) < 4.78 is 17.5. The molecule has 1 aromatic heterocycles. The van der Waals surface area contributed by atoms with Crippen LogP contribution >= 0.6 is 0 Å². The van der Waals surface area contributed by atoms with E-state index in [1.165, 1.54) is 0 Å². The van der Waals surface area contributed by atoms with Crippen LogP contribution in [0.5, 0.6) is 5.75 Å². The first-order chi connectivity index (χ1) is 23.1. The number of carbonyl (C=O) groups is 1. The fourth-order valence-electron chi connectivity index (χ4n) is 5.64. The van der Waals surface area contributed by atoms with Crippen LogP contribution < -0.4 is 10.1 Å². The van der Waals surface area contributed by atoms with Crippen LogP contribution in [0.25, 0.3) is 11.5 Å². The minimum atomic E-state index is -1.00. The lowest BCUT2D eigenvalue weighted by molar-refractivity contribution is -0.141. The van der Waals surface area contributed by atoms with Gasteiger partial charge in [0.05, 0.1) is 31.1 Å². The molecule has 0 saturated carbocycles. The molecule has 1 heterocycles. The monoisotopic (exact) mass is 624 g/mol. The fraction of sp³-hybridized carbons (Fsp3) is 0.150. The highest BCUT2D eigenvalue weighted by Gasteiger charge is 2.39. The molecule has 7 heteroatoms. The Kier molecular flexibility index (Phi) is 10.2. The normalized spacial score (nSPS) is 12.0. The van der Waals surface area contributed by atoms with Gasteiger partial charge in [0.25, 0.3) is 0 Å². The molecule has 6 rings (SSSR count). The standard InChI is InChI=1S/C40H36N2O5/c43-39(44)37(42-40(32-15-7-2-8-16-32,33-17-9-3-10-18-33)34-19-11-4-12-20-34)29-45-27-30-21-23-36(24-22-30)46-26-25-35-28-47-38(41-35)31-13-5-1-6-14-31/h1-24,28,37,42H,25-27,29H2,(H,43,44)/t37-/m0/s1. The van der Waals surface area contributed by atoms with Crippen LogP contribution in [0.4, 0.5) is 0 Å². The summed E-state index contributed by atoms with van der Waals surface area (Å²) in [6.45, 7) is 0.668. The van der Waals surface area contributed by atoms with Gasteiger partial charge in [-0.2, -0.15) is 0 Å². The maximum absolute atomic E-state index is 12.7. The minimum absolute atomic E-state index is 0.0372. The number of ether oxygens (including phenoxy) is 2. The molecule has 0 fully saturated rings. The second-order valence-corrected chi connectivity index (χ2v) is 11.2. The molecule has 0 aliphatic heterocycles. The second-order valence-electron chi connectivity index (χ2n) is 11.2. The summed E-state index contributed by atoms with van der Waals surface area (Å²) in [4.78, 5) is 17.2. The molecular formula is C40H36N2O5. The van der Waals surface area contributed by atoms with E-state index in [0.717, 1.165) is 39.3 Å². The SMILES string of the molecule is O=C(O)[C@H](COCc1ccc(OCCc2coc(-c3ccccc3)n2)cc1)NC(c1ccccc1)(c1ccccc1)c1ccccc1. The number of rotatable bonds is 15. The highest BCUT2D eigenvalue weighted by atomic mass is 16.5. The molecule has 0 bridgehead atoms. The molecule has 47 heavy (non-hydrogen) atoms. The Labute approximate surface area is 274 Å². The van der Waals surface area contributed by atoms with Crippen molar-refractivity contribution >= 4 is 5.97 Å². The molecule has 2 N–H and O–H groups in total. The van der Waals surface area contributed by atoms with Crippen LogP contribution in [-0.2, 0) is 28.1 Å². The van der Waals surface area contributed by atoms with Gasteiger partial charge in [0.2, 0.25) is 5.89 Å². The summed E-state index contributed by atoms with van der Waals surface area (Å²) in [5.41, 5.74) is 4.53. The van der Waals surface area contributed by atoms with Gasteiger partial charge in [-0.15, -0.1) is 0 Å². The number of carboxylic acids is 1. The van der Waals surface area contributed by atoms with E-state index in [4.69, 9.17) is 13.9 Å². The summed E-state index contributed by atoms with van der Waals surface area (Å²) in [7, 11) is 0. The summed E-state index contributed by atoms with van der Waals surface area (Å²) in [6.07, 6.45) is 2.27. The first kappa shape index (κ1) is 31.5. The van der Waals surface area contributed by atoms with Crippen molar-refractivity contribution < 1.29 is 23.8 Å². The van der Waals surface area contributed by atoms with Crippen LogP contribution in [0.2, 0.25) is 0 Å². The number of benzene rings is 5. The maximum Gasteiger partial charge on any atom is 0.323 e. The highest BCUT2D eigenvalue weighted by molar-refractivity contribution is 5.74. The summed E-state index contributed by atoms with van der Waals surface area (Å²) in [5, 5.41) is 13.9. The molecular weight excluding hydrogens is 588 g/mol. The largest absolute Gasteiger partial charge is 0.493 e. The molecule has 7 nitrogen and oxygen atoms in total. The van der Waals surface area contributed by atoms with Gasteiger partial charge in [0.15, 0.2) is 0 Å². The Morgan fingerprint density at radius 1 is 0.745 bits per heavy atom. The number of carboxylic acid groups (broad SMARTS) is 1. The molecule has 5 aromatic carbocycles. The van der Waals surface area contributed by atoms with Crippen LogP contribution in [-0.4, -0.2) is 35.3 Å². The Hall–Kier alpha value is -5.50.